The van der Waals surface area contributed by atoms with E-state index in [0.29, 0.717) is 6.54 Å². The van der Waals surface area contributed by atoms with E-state index in [0.717, 1.165) is 12.1 Å². The van der Waals surface area contributed by atoms with Gasteiger partial charge in [-0.2, -0.15) is 0 Å². The molecule has 118 valence electrons. The maximum atomic E-state index is 12.9. The molecule has 0 aromatic heterocycles. The van der Waals surface area contributed by atoms with Gasteiger partial charge in [0.25, 0.3) is 0 Å². The van der Waals surface area contributed by atoms with Gasteiger partial charge < -0.3 is 10.6 Å². The molecule has 0 radical (unpaired) electrons. The fraction of sp³-hybridized carbons (Fsp3) is 0.263. The highest BCUT2D eigenvalue weighted by Crippen LogP contribution is 2.48. The fourth-order valence-electron chi connectivity index (χ4n) is 2.93. The molecule has 4 nitrogen and oxygen atoms in total. The fourth-order valence-corrected chi connectivity index (χ4v) is 2.93. The third kappa shape index (κ3) is 3.59. The van der Waals surface area contributed by atoms with Gasteiger partial charge in [0.1, 0.15) is 0 Å². The quantitative estimate of drug-likeness (QED) is 0.891. The van der Waals surface area contributed by atoms with E-state index < -0.39 is 5.91 Å². The third-order valence-corrected chi connectivity index (χ3v) is 4.25. The number of para-hydroxylation sites is 1. The summed E-state index contributed by atoms with van der Waals surface area (Å²) >= 11 is 0. The smallest absolute Gasteiger partial charge is 0.230 e. The van der Waals surface area contributed by atoms with Crippen molar-refractivity contribution in [3.63, 3.8) is 0 Å². The summed E-state index contributed by atoms with van der Waals surface area (Å²) in [6.45, 7) is 0.330. The van der Waals surface area contributed by atoms with Crippen molar-refractivity contribution in [3.8, 4) is 0 Å². The van der Waals surface area contributed by atoms with E-state index in [2.05, 4.69) is 12.1 Å². The zero-order valence-corrected chi connectivity index (χ0v) is 12.9. The van der Waals surface area contributed by atoms with Crippen molar-refractivity contribution in [2.24, 2.45) is 11.7 Å². The van der Waals surface area contributed by atoms with Gasteiger partial charge in [-0.3, -0.25) is 9.59 Å². The minimum Gasteiger partial charge on any atom is -0.370 e. The van der Waals surface area contributed by atoms with Crippen molar-refractivity contribution in [2.45, 2.75) is 18.8 Å². The third-order valence-electron chi connectivity index (χ3n) is 4.25. The first kappa shape index (κ1) is 15.3. The molecule has 1 fully saturated rings. The Hall–Kier alpha value is -2.62. The van der Waals surface area contributed by atoms with Gasteiger partial charge in [-0.25, -0.2) is 0 Å². The molecular weight excluding hydrogens is 288 g/mol. The van der Waals surface area contributed by atoms with Crippen molar-refractivity contribution in [1.29, 1.82) is 0 Å². The predicted octanol–water partition coefficient (Wildman–Crippen LogP) is 2.70. The van der Waals surface area contributed by atoms with Crippen LogP contribution in [0.1, 0.15) is 24.3 Å². The molecule has 3 rings (SSSR count). The van der Waals surface area contributed by atoms with Crippen LogP contribution in [-0.2, 0) is 9.59 Å². The average molecular weight is 308 g/mol. The second kappa shape index (κ2) is 6.65. The summed E-state index contributed by atoms with van der Waals surface area (Å²) in [6, 6.07) is 19.6. The number of anilines is 1. The van der Waals surface area contributed by atoms with Gasteiger partial charge in [-0.15, -0.1) is 0 Å². The number of nitrogens with two attached hydrogens (primary N) is 1. The largest absolute Gasteiger partial charge is 0.370 e. The van der Waals surface area contributed by atoms with Crippen LogP contribution < -0.4 is 10.6 Å². The van der Waals surface area contributed by atoms with E-state index in [1.165, 1.54) is 5.56 Å². The molecule has 2 aromatic rings. The summed E-state index contributed by atoms with van der Waals surface area (Å²) in [5.74, 6) is -0.0468. The molecule has 2 amide bonds. The number of rotatable bonds is 6. The Balaban J connectivity index is 1.75. The van der Waals surface area contributed by atoms with Crippen molar-refractivity contribution in [1.82, 2.24) is 0 Å². The molecule has 2 atom stereocenters. The summed E-state index contributed by atoms with van der Waals surface area (Å²) < 4.78 is 0. The Morgan fingerprint density at radius 3 is 2.22 bits per heavy atom. The van der Waals surface area contributed by atoms with Crippen molar-refractivity contribution < 1.29 is 9.59 Å². The van der Waals surface area contributed by atoms with E-state index in [1.807, 2.05) is 48.5 Å². The normalized spacial score (nSPS) is 19.1. The summed E-state index contributed by atoms with van der Waals surface area (Å²) in [7, 11) is 0. The molecule has 0 unspecified atom stereocenters. The van der Waals surface area contributed by atoms with E-state index >= 15 is 0 Å². The summed E-state index contributed by atoms with van der Waals surface area (Å²) in [6.07, 6.45) is 1.03. The van der Waals surface area contributed by atoms with E-state index in [4.69, 9.17) is 5.73 Å². The van der Waals surface area contributed by atoms with Crippen LogP contribution in [0.25, 0.3) is 0 Å². The minimum atomic E-state index is -0.394. The molecule has 1 aliphatic rings. The summed E-state index contributed by atoms with van der Waals surface area (Å²) in [4.78, 5) is 25.7. The van der Waals surface area contributed by atoms with E-state index in [9.17, 15) is 9.59 Å². The molecule has 2 aromatic carbocycles. The average Bonchev–Trinajstić information content (AvgIpc) is 3.37. The zero-order valence-electron chi connectivity index (χ0n) is 12.9. The number of carbonyl (C=O) groups excluding carboxylic acids is 2. The van der Waals surface area contributed by atoms with Crippen LogP contribution in [0.3, 0.4) is 0 Å². The van der Waals surface area contributed by atoms with Gasteiger partial charge in [0.2, 0.25) is 11.8 Å². The lowest BCUT2D eigenvalue weighted by molar-refractivity contribution is -0.120. The number of carbonyl (C=O) groups is 2. The van der Waals surface area contributed by atoms with Crippen LogP contribution >= 0.6 is 0 Å². The molecule has 2 N–H and O–H groups in total. The van der Waals surface area contributed by atoms with Crippen LogP contribution in [-0.4, -0.2) is 18.4 Å². The highest BCUT2D eigenvalue weighted by Gasteiger charge is 2.45. The number of nitrogens with zero attached hydrogens (tertiary/aromatic N) is 1. The lowest BCUT2D eigenvalue weighted by atomic mass is 10.1. The van der Waals surface area contributed by atoms with E-state index in [-0.39, 0.29) is 24.2 Å². The Kier molecular flexibility index (Phi) is 4.42. The highest BCUT2D eigenvalue weighted by molar-refractivity contribution is 5.98. The molecule has 0 spiro atoms. The van der Waals surface area contributed by atoms with Crippen LogP contribution in [0.4, 0.5) is 5.69 Å². The van der Waals surface area contributed by atoms with Gasteiger partial charge in [0.15, 0.2) is 0 Å². The SMILES string of the molecule is NC(=O)CCN(C(=O)[C@@H]1C[C@@H]1c1ccccc1)c1ccccc1. The minimum absolute atomic E-state index is 0.00881. The molecule has 1 saturated carbocycles. The Morgan fingerprint density at radius 2 is 1.61 bits per heavy atom. The first-order valence-corrected chi connectivity index (χ1v) is 7.86. The monoisotopic (exact) mass is 308 g/mol. The molecule has 0 bridgehead atoms. The molecule has 0 aliphatic heterocycles. The van der Waals surface area contributed by atoms with Gasteiger partial charge in [0, 0.05) is 24.6 Å². The van der Waals surface area contributed by atoms with Crippen molar-refractivity contribution in [2.75, 3.05) is 11.4 Å². The number of hydrogen-bond acceptors (Lipinski definition) is 2. The second-order valence-electron chi connectivity index (χ2n) is 5.90. The number of amides is 2. The lowest BCUT2D eigenvalue weighted by Gasteiger charge is -2.22. The summed E-state index contributed by atoms with van der Waals surface area (Å²) in [5, 5.41) is 0. The van der Waals surface area contributed by atoms with Gasteiger partial charge in [-0.05, 0) is 30.0 Å². The molecule has 0 heterocycles. The van der Waals surface area contributed by atoms with Crippen LogP contribution in [0, 0.1) is 5.92 Å². The van der Waals surface area contributed by atoms with Crippen LogP contribution in [0.5, 0.6) is 0 Å². The molecule has 23 heavy (non-hydrogen) atoms. The Morgan fingerprint density at radius 1 is 1.00 bits per heavy atom. The molecular formula is C19H20N2O2. The first-order chi connectivity index (χ1) is 11.2. The molecule has 0 saturated heterocycles. The Labute approximate surface area is 135 Å². The predicted molar refractivity (Wildman–Crippen MR) is 89.9 cm³/mol. The van der Waals surface area contributed by atoms with Gasteiger partial charge >= 0.3 is 0 Å². The Bertz CT molecular complexity index is 685. The second-order valence-corrected chi connectivity index (χ2v) is 5.90. The van der Waals surface area contributed by atoms with Gasteiger partial charge in [-0.1, -0.05) is 48.5 Å². The van der Waals surface area contributed by atoms with E-state index in [1.54, 1.807) is 4.90 Å². The van der Waals surface area contributed by atoms with Gasteiger partial charge in [0.05, 0.1) is 0 Å². The molecule has 1 aliphatic carbocycles. The topological polar surface area (TPSA) is 63.4 Å². The maximum absolute atomic E-state index is 12.9. The van der Waals surface area contributed by atoms with Crippen molar-refractivity contribution >= 4 is 17.5 Å². The number of primary amides is 1. The van der Waals surface area contributed by atoms with Crippen molar-refractivity contribution in [3.05, 3.63) is 66.2 Å². The molecule has 4 heteroatoms. The first-order valence-electron chi connectivity index (χ1n) is 7.86. The standard InChI is InChI=1S/C19H20N2O2/c20-18(22)11-12-21(15-9-5-2-6-10-15)19(23)17-13-16(17)14-7-3-1-4-8-14/h1-10,16-17H,11-13H2,(H2,20,22)/t16-,17-/m1/s1. The maximum Gasteiger partial charge on any atom is 0.230 e. The highest BCUT2D eigenvalue weighted by atomic mass is 16.2. The van der Waals surface area contributed by atoms with Crippen LogP contribution in [0.2, 0.25) is 0 Å². The van der Waals surface area contributed by atoms with Crippen LogP contribution in [0.15, 0.2) is 60.7 Å². The number of benzene rings is 2. The zero-order chi connectivity index (χ0) is 16.2. The summed E-state index contributed by atoms with van der Waals surface area (Å²) in [5.41, 5.74) is 7.27. The lowest BCUT2D eigenvalue weighted by Crippen LogP contribution is -2.35. The number of hydrogen-bond donors (Lipinski definition) is 1.